The normalized spacial score (nSPS) is 15.1. The van der Waals surface area contributed by atoms with E-state index in [2.05, 4.69) is 34.5 Å². The average Bonchev–Trinajstić information content (AvgIpc) is 2.87. The summed E-state index contributed by atoms with van der Waals surface area (Å²) in [4.78, 5) is 2.31. The molecule has 1 rings (SSSR count). The lowest BCUT2D eigenvalue weighted by atomic mass is 10.1. The SMILES string of the molecule is NCCN(CCN)CCNCCCC1C=CC=C1. The van der Waals surface area contributed by atoms with Crippen molar-refractivity contribution in [3.05, 3.63) is 24.3 Å². The maximum atomic E-state index is 5.57. The van der Waals surface area contributed by atoms with E-state index >= 15 is 0 Å². The Bertz CT molecular complexity index is 232. The number of hydrogen-bond acceptors (Lipinski definition) is 4. The van der Waals surface area contributed by atoms with Gasteiger partial charge < -0.3 is 16.8 Å². The second-order valence-electron chi connectivity index (χ2n) is 4.74. The second-order valence-corrected chi connectivity index (χ2v) is 4.74. The molecule has 0 aliphatic heterocycles. The van der Waals surface area contributed by atoms with Crippen LogP contribution in [0.3, 0.4) is 0 Å². The molecule has 0 fully saturated rings. The van der Waals surface area contributed by atoms with Gasteiger partial charge in [0.05, 0.1) is 0 Å². The standard InChI is InChI=1S/C14H28N4/c15-7-11-18(12-8-16)13-10-17-9-3-6-14-4-1-2-5-14/h1-2,4-5,14,17H,3,6-13,15-16H2. The highest BCUT2D eigenvalue weighted by molar-refractivity contribution is 5.17. The van der Waals surface area contributed by atoms with Gasteiger partial charge in [0.25, 0.3) is 0 Å². The summed E-state index contributed by atoms with van der Waals surface area (Å²) < 4.78 is 0. The summed E-state index contributed by atoms with van der Waals surface area (Å²) >= 11 is 0. The van der Waals surface area contributed by atoms with Gasteiger partial charge in [-0.15, -0.1) is 0 Å². The molecule has 0 saturated carbocycles. The zero-order valence-corrected chi connectivity index (χ0v) is 11.4. The first-order valence-corrected chi connectivity index (χ1v) is 7.05. The molecule has 1 aliphatic rings. The summed E-state index contributed by atoms with van der Waals surface area (Å²) in [6.45, 7) is 6.46. The molecular formula is C14H28N4. The smallest absolute Gasteiger partial charge is 0.0108 e. The van der Waals surface area contributed by atoms with Crippen LogP contribution in [0.4, 0.5) is 0 Å². The van der Waals surface area contributed by atoms with Crippen LogP contribution in [0.2, 0.25) is 0 Å². The fourth-order valence-electron chi connectivity index (χ4n) is 2.20. The Hall–Kier alpha value is -0.680. The van der Waals surface area contributed by atoms with Crippen molar-refractivity contribution in [1.29, 1.82) is 0 Å². The number of nitrogens with one attached hydrogen (secondary N) is 1. The third kappa shape index (κ3) is 6.91. The van der Waals surface area contributed by atoms with Gasteiger partial charge in [-0.05, 0) is 25.3 Å². The average molecular weight is 252 g/mol. The van der Waals surface area contributed by atoms with E-state index in [0.717, 1.165) is 32.7 Å². The zero-order chi connectivity index (χ0) is 13.1. The summed E-state index contributed by atoms with van der Waals surface area (Å²) in [6.07, 6.45) is 11.3. The molecule has 4 heteroatoms. The van der Waals surface area contributed by atoms with Gasteiger partial charge in [0.2, 0.25) is 0 Å². The van der Waals surface area contributed by atoms with Gasteiger partial charge in [-0.1, -0.05) is 24.3 Å². The number of allylic oxidation sites excluding steroid dienone is 4. The van der Waals surface area contributed by atoms with Gasteiger partial charge >= 0.3 is 0 Å². The van der Waals surface area contributed by atoms with Crippen molar-refractivity contribution in [3.63, 3.8) is 0 Å². The molecule has 0 spiro atoms. The van der Waals surface area contributed by atoms with Gasteiger partial charge in [-0.25, -0.2) is 0 Å². The Morgan fingerprint density at radius 2 is 1.61 bits per heavy atom. The summed E-state index contributed by atoms with van der Waals surface area (Å²) in [6, 6.07) is 0. The summed E-state index contributed by atoms with van der Waals surface area (Å²) in [5.41, 5.74) is 11.1. The predicted molar refractivity (Wildman–Crippen MR) is 78.4 cm³/mol. The minimum Gasteiger partial charge on any atom is -0.329 e. The number of rotatable bonds is 11. The van der Waals surface area contributed by atoms with Gasteiger partial charge in [-0.3, -0.25) is 4.90 Å². The third-order valence-corrected chi connectivity index (χ3v) is 3.21. The molecule has 18 heavy (non-hydrogen) atoms. The van der Waals surface area contributed by atoms with E-state index in [1.807, 2.05) is 0 Å². The van der Waals surface area contributed by atoms with Crippen LogP contribution < -0.4 is 16.8 Å². The monoisotopic (exact) mass is 252 g/mol. The first kappa shape index (κ1) is 15.4. The zero-order valence-electron chi connectivity index (χ0n) is 11.4. The minimum atomic E-state index is 0.665. The molecule has 0 aromatic rings. The number of nitrogens with zero attached hydrogens (tertiary/aromatic N) is 1. The van der Waals surface area contributed by atoms with E-state index in [1.54, 1.807) is 0 Å². The maximum Gasteiger partial charge on any atom is 0.0108 e. The summed E-state index contributed by atoms with van der Waals surface area (Å²) in [5, 5.41) is 3.49. The van der Waals surface area contributed by atoms with Crippen LogP contribution in [0.5, 0.6) is 0 Å². The van der Waals surface area contributed by atoms with E-state index in [9.17, 15) is 0 Å². The first-order chi connectivity index (χ1) is 8.86. The van der Waals surface area contributed by atoms with Crippen molar-refractivity contribution in [2.24, 2.45) is 17.4 Å². The van der Waals surface area contributed by atoms with Crippen molar-refractivity contribution in [2.75, 3.05) is 45.8 Å². The molecule has 0 aromatic heterocycles. The Morgan fingerprint density at radius 1 is 0.944 bits per heavy atom. The number of nitrogens with two attached hydrogens (primary N) is 2. The van der Waals surface area contributed by atoms with Crippen LogP contribution in [0.25, 0.3) is 0 Å². The molecule has 104 valence electrons. The first-order valence-electron chi connectivity index (χ1n) is 7.05. The fourth-order valence-corrected chi connectivity index (χ4v) is 2.20. The molecule has 1 aliphatic carbocycles. The van der Waals surface area contributed by atoms with Gasteiger partial charge in [-0.2, -0.15) is 0 Å². The molecule has 0 amide bonds. The quantitative estimate of drug-likeness (QED) is 0.463. The molecule has 0 radical (unpaired) electrons. The highest BCUT2D eigenvalue weighted by atomic mass is 15.1. The lowest BCUT2D eigenvalue weighted by molar-refractivity contribution is 0.287. The topological polar surface area (TPSA) is 67.3 Å². The van der Waals surface area contributed by atoms with Crippen LogP contribution in [-0.4, -0.2) is 50.7 Å². The van der Waals surface area contributed by atoms with Crippen LogP contribution in [0.1, 0.15) is 12.8 Å². The van der Waals surface area contributed by atoms with Crippen LogP contribution >= 0.6 is 0 Å². The molecule has 0 saturated heterocycles. The van der Waals surface area contributed by atoms with Crippen molar-refractivity contribution in [3.8, 4) is 0 Å². The molecule has 0 atom stereocenters. The van der Waals surface area contributed by atoms with Crippen LogP contribution in [0.15, 0.2) is 24.3 Å². The molecule has 0 aromatic carbocycles. The highest BCUT2D eigenvalue weighted by Crippen LogP contribution is 2.14. The van der Waals surface area contributed by atoms with Crippen LogP contribution in [0, 0.1) is 5.92 Å². The van der Waals surface area contributed by atoms with E-state index in [-0.39, 0.29) is 0 Å². The Kier molecular flexibility index (Phi) is 8.77. The fraction of sp³-hybridized carbons (Fsp3) is 0.714. The van der Waals surface area contributed by atoms with E-state index in [0.29, 0.717) is 19.0 Å². The molecule has 0 bridgehead atoms. The second kappa shape index (κ2) is 10.3. The number of hydrogen-bond donors (Lipinski definition) is 3. The van der Waals surface area contributed by atoms with Crippen molar-refractivity contribution >= 4 is 0 Å². The third-order valence-electron chi connectivity index (χ3n) is 3.21. The van der Waals surface area contributed by atoms with Gasteiger partial charge in [0.15, 0.2) is 0 Å². The molecule has 0 heterocycles. The van der Waals surface area contributed by atoms with Crippen molar-refractivity contribution in [2.45, 2.75) is 12.8 Å². The maximum absolute atomic E-state index is 5.57. The Balaban J connectivity index is 1.93. The summed E-state index contributed by atoms with van der Waals surface area (Å²) in [5.74, 6) is 0.665. The minimum absolute atomic E-state index is 0.665. The Morgan fingerprint density at radius 3 is 2.22 bits per heavy atom. The largest absolute Gasteiger partial charge is 0.329 e. The van der Waals surface area contributed by atoms with E-state index in [1.165, 1.54) is 12.8 Å². The van der Waals surface area contributed by atoms with Gasteiger partial charge in [0, 0.05) is 39.3 Å². The van der Waals surface area contributed by atoms with E-state index in [4.69, 9.17) is 11.5 Å². The molecule has 5 N–H and O–H groups in total. The van der Waals surface area contributed by atoms with Crippen molar-refractivity contribution in [1.82, 2.24) is 10.2 Å². The molecule has 4 nitrogen and oxygen atoms in total. The van der Waals surface area contributed by atoms with Gasteiger partial charge in [0.1, 0.15) is 0 Å². The van der Waals surface area contributed by atoms with E-state index < -0.39 is 0 Å². The predicted octanol–water partition coefficient (Wildman–Crippen LogP) is 0.318. The summed E-state index contributed by atoms with van der Waals surface area (Å²) in [7, 11) is 0. The lowest BCUT2D eigenvalue weighted by Crippen LogP contribution is -2.38. The van der Waals surface area contributed by atoms with Crippen LogP contribution in [-0.2, 0) is 0 Å². The molecular weight excluding hydrogens is 224 g/mol. The van der Waals surface area contributed by atoms with Crippen molar-refractivity contribution < 1.29 is 0 Å². The highest BCUT2D eigenvalue weighted by Gasteiger charge is 2.03. The Labute approximate surface area is 111 Å². The molecule has 0 unspecified atom stereocenters. The lowest BCUT2D eigenvalue weighted by Gasteiger charge is -2.20.